The van der Waals surface area contributed by atoms with Crippen LogP contribution in [0.25, 0.3) is 11.3 Å². The number of aliphatic hydroxyl groups is 1. The lowest BCUT2D eigenvalue weighted by molar-refractivity contribution is 0.0956. The lowest BCUT2D eigenvalue weighted by Crippen LogP contribution is -2.25. The van der Waals surface area contributed by atoms with Crippen molar-refractivity contribution in [1.29, 1.82) is 0 Å². The molecule has 0 aliphatic heterocycles. The van der Waals surface area contributed by atoms with Crippen LogP contribution in [0, 0.1) is 0 Å². The molecule has 2 heterocycles. The fourth-order valence-electron chi connectivity index (χ4n) is 2.48. The first-order chi connectivity index (χ1) is 13.0. The van der Waals surface area contributed by atoms with Gasteiger partial charge in [0.1, 0.15) is 6.33 Å². The summed E-state index contributed by atoms with van der Waals surface area (Å²) in [4.78, 5) is 16.9. The summed E-state index contributed by atoms with van der Waals surface area (Å²) in [5.41, 5.74) is 2.73. The molecular formula is C19H21N5O2S. The Morgan fingerprint density at radius 1 is 1.30 bits per heavy atom. The number of pyridine rings is 1. The zero-order valence-corrected chi connectivity index (χ0v) is 16.0. The van der Waals surface area contributed by atoms with Gasteiger partial charge >= 0.3 is 0 Å². The Morgan fingerprint density at radius 3 is 2.85 bits per heavy atom. The van der Waals surface area contributed by atoms with Crippen LogP contribution in [-0.2, 0) is 7.05 Å². The molecule has 0 aliphatic carbocycles. The second kappa shape index (κ2) is 8.79. The molecule has 140 valence electrons. The number of carbonyl (C=O) groups is 1. The summed E-state index contributed by atoms with van der Waals surface area (Å²) in [6.07, 6.45) is 1.01. The SMILES string of the molecule is CC(O)c1cccc(-c2cccc(C(=O)NCCSc3nncn3C)c2)n1. The van der Waals surface area contributed by atoms with E-state index in [2.05, 4.69) is 20.5 Å². The maximum absolute atomic E-state index is 12.4. The van der Waals surface area contributed by atoms with E-state index in [9.17, 15) is 9.90 Å². The van der Waals surface area contributed by atoms with Crippen LogP contribution in [-0.4, -0.2) is 43.1 Å². The van der Waals surface area contributed by atoms with E-state index in [1.165, 1.54) is 11.8 Å². The Morgan fingerprint density at radius 2 is 2.11 bits per heavy atom. The number of benzene rings is 1. The highest BCUT2D eigenvalue weighted by molar-refractivity contribution is 7.99. The topological polar surface area (TPSA) is 92.9 Å². The summed E-state index contributed by atoms with van der Waals surface area (Å²) in [7, 11) is 1.88. The van der Waals surface area contributed by atoms with Gasteiger partial charge in [0.05, 0.1) is 17.5 Å². The number of carbonyl (C=O) groups excluding carboxylic acids is 1. The summed E-state index contributed by atoms with van der Waals surface area (Å²) in [6.45, 7) is 2.20. The molecular weight excluding hydrogens is 362 g/mol. The van der Waals surface area contributed by atoms with Crippen LogP contribution in [0.5, 0.6) is 0 Å². The van der Waals surface area contributed by atoms with Crippen molar-refractivity contribution in [3.8, 4) is 11.3 Å². The van der Waals surface area contributed by atoms with Crippen molar-refractivity contribution in [3.63, 3.8) is 0 Å². The van der Waals surface area contributed by atoms with E-state index in [4.69, 9.17) is 0 Å². The van der Waals surface area contributed by atoms with Crippen LogP contribution in [0.1, 0.15) is 29.1 Å². The van der Waals surface area contributed by atoms with Crippen molar-refractivity contribution in [2.45, 2.75) is 18.2 Å². The van der Waals surface area contributed by atoms with Gasteiger partial charge in [-0.2, -0.15) is 0 Å². The predicted octanol–water partition coefficient (Wildman–Crippen LogP) is 2.45. The number of aliphatic hydroxyl groups excluding tert-OH is 1. The number of aromatic nitrogens is 4. The molecule has 3 aromatic rings. The number of hydrogen-bond acceptors (Lipinski definition) is 6. The lowest BCUT2D eigenvalue weighted by atomic mass is 10.1. The van der Waals surface area contributed by atoms with Gasteiger partial charge < -0.3 is 15.0 Å². The fraction of sp³-hybridized carbons (Fsp3) is 0.263. The first kappa shape index (κ1) is 19.1. The molecule has 27 heavy (non-hydrogen) atoms. The zero-order chi connectivity index (χ0) is 19.2. The third-order valence-corrected chi connectivity index (χ3v) is 4.94. The molecule has 0 spiro atoms. The van der Waals surface area contributed by atoms with E-state index in [1.807, 2.05) is 35.9 Å². The van der Waals surface area contributed by atoms with Gasteiger partial charge in [0, 0.05) is 30.5 Å². The Kier molecular flexibility index (Phi) is 6.20. The van der Waals surface area contributed by atoms with E-state index in [-0.39, 0.29) is 5.91 Å². The van der Waals surface area contributed by atoms with Gasteiger partial charge in [-0.15, -0.1) is 10.2 Å². The Balaban J connectivity index is 1.62. The smallest absolute Gasteiger partial charge is 0.251 e. The molecule has 0 radical (unpaired) electrons. The monoisotopic (exact) mass is 383 g/mol. The zero-order valence-electron chi connectivity index (χ0n) is 15.2. The highest BCUT2D eigenvalue weighted by atomic mass is 32.2. The van der Waals surface area contributed by atoms with E-state index in [1.54, 1.807) is 31.5 Å². The van der Waals surface area contributed by atoms with Crippen LogP contribution in [0.4, 0.5) is 0 Å². The average Bonchev–Trinajstić information content (AvgIpc) is 3.10. The van der Waals surface area contributed by atoms with Crippen molar-refractivity contribution < 1.29 is 9.90 Å². The van der Waals surface area contributed by atoms with Gasteiger partial charge in [0.15, 0.2) is 5.16 Å². The molecule has 0 saturated carbocycles. The number of aryl methyl sites for hydroxylation is 1. The number of nitrogens with one attached hydrogen (secondary N) is 1. The summed E-state index contributed by atoms with van der Waals surface area (Å²) in [5.74, 6) is 0.567. The van der Waals surface area contributed by atoms with Gasteiger partial charge in [0.25, 0.3) is 5.91 Å². The Labute approximate surface area is 161 Å². The average molecular weight is 383 g/mol. The molecule has 0 bridgehead atoms. The molecule has 2 N–H and O–H groups in total. The minimum absolute atomic E-state index is 0.137. The maximum Gasteiger partial charge on any atom is 0.251 e. The molecule has 7 nitrogen and oxygen atoms in total. The molecule has 8 heteroatoms. The van der Waals surface area contributed by atoms with Crippen LogP contribution in [0.3, 0.4) is 0 Å². The van der Waals surface area contributed by atoms with E-state index < -0.39 is 6.10 Å². The standard InChI is InChI=1S/C19H21N5O2S/c1-13(25)16-7-4-8-17(22-16)14-5-3-6-15(11-14)18(26)20-9-10-27-19-23-21-12-24(19)2/h3-8,11-13,25H,9-10H2,1-2H3,(H,20,26). The van der Waals surface area contributed by atoms with Gasteiger partial charge in [-0.05, 0) is 31.2 Å². The molecule has 0 saturated heterocycles. The van der Waals surface area contributed by atoms with Crippen molar-refractivity contribution in [3.05, 3.63) is 60.0 Å². The number of amides is 1. The highest BCUT2D eigenvalue weighted by Crippen LogP contribution is 2.21. The highest BCUT2D eigenvalue weighted by Gasteiger charge is 2.10. The minimum atomic E-state index is -0.636. The molecule has 1 atom stereocenters. The van der Waals surface area contributed by atoms with Gasteiger partial charge in [-0.25, -0.2) is 0 Å². The van der Waals surface area contributed by atoms with Crippen LogP contribution >= 0.6 is 11.8 Å². The van der Waals surface area contributed by atoms with Gasteiger partial charge in [-0.3, -0.25) is 9.78 Å². The molecule has 0 fully saturated rings. The van der Waals surface area contributed by atoms with Crippen molar-refractivity contribution in [2.24, 2.45) is 7.05 Å². The summed E-state index contributed by atoms with van der Waals surface area (Å²) in [6, 6.07) is 12.8. The van der Waals surface area contributed by atoms with Crippen LogP contribution in [0.2, 0.25) is 0 Å². The van der Waals surface area contributed by atoms with Gasteiger partial charge in [-0.1, -0.05) is 30.0 Å². The number of nitrogens with zero attached hydrogens (tertiary/aromatic N) is 4. The molecule has 1 unspecified atom stereocenters. The molecule has 1 amide bonds. The summed E-state index contributed by atoms with van der Waals surface area (Å²) >= 11 is 1.54. The number of hydrogen-bond donors (Lipinski definition) is 2. The Bertz CT molecular complexity index is 926. The van der Waals surface area contributed by atoms with E-state index in [0.717, 1.165) is 16.4 Å². The first-order valence-electron chi connectivity index (χ1n) is 8.55. The van der Waals surface area contributed by atoms with E-state index in [0.29, 0.717) is 23.6 Å². The lowest BCUT2D eigenvalue weighted by Gasteiger charge is -2.09. The molecule has 2 aromatic heterocycles. The van der Waals surface area contributed by atoms with Crippen LogP contribution in [0.15, 0.2) is 53.9 Å². The molecule has 0 aliphatic rings. The fourth-order valence-corrected chi connectivity index (χ4v) is 3.22. The number of rotatable bonds is 7. The largest absolute Gasteiger partial charge is 0.387 e. The minimum Gasteiger partial charge on any atom is -0.387 e. The third kappa shape index (κ3) is 4.93. The van der Waals surface area contributed by atoms with E-state index >= 15 is 0 Å². The summed E-state index contributed by atoms with van der Waals surface area (Å²) in [5, 5.41) is 21.2. The first-order valence-corrected chi connectivity index (χ1v) is 9.53. The van der Waals surface area contributed by atoms with Gasteiger partial charge in [0.2, 0.25) is 0 Å². The maximum atomic E-state index is 12.4. The molecule has 3 rings (SSSR count). The third-order valence-electron chi connectivity index (χ3n) is 3.91. The quantitative estimate of drug-likeness (QED) is 0.481. The second-order valence-electron chi connectivity index (χ2n) is 6.03. The molecule has 1 aromatic carbocycles. The Hall–Kier alpha value is -2.71. The second-order valence-corrected chi connectivity index (χ2v) is 7.10. The number of thioether (sulfide) groups is 1. The summed E-state index contributed by atoms with van der Waals surface area (Å²) < 4.78 is 1.84. The normalized spacial score (nSPS) is 12.0. The van der Waals surface area contributed by atoms with Crippen molar-refractivity contribution in [2.75, 3.05) is 12.3 Å². The van der Waals surface area contributed by atoms with Crippen molar-refractivity contribution >= 4 is 17.7 Å². The van der Waals surface area contributed by atoms with Crippen LogP contribution < -0.4 is 5.32 Å². The predicted molar refractivity (Wildman–Crippen MR) is 104 cm³/mol. The van der Waals surface area contributed by atoms with Crippen molar-refractivity contribution in [1.82, 2.24) is 25.1 Å².